The molecule has 4 rings (SSSR count). The van der Waals surface area contributed by atoms with Crippen molar-refractivity contribution in [2.45, 2.75) is 5.22 Å². The summed E-state index contributed by atoms with van der Waals surface area (Å²) >= 11 is 7.22. The highest BCUT2D eigenvalue weighted by Crippen LogP contribution is 2.29. The molecule has 0 radical (unpaired) electrons. The van der Waals surface area contributed by atoms with Gasteiger partial charge in [-0.2, -0.15) is 0 Å². The van der Waals surface area contributed by atoms with E-state index < -0.39 is 0 Å². The number of carbonyl (C=O) groups is 1. The number of amides is 1. The summed E-state index contributed by atoms with van der Waals surface area (Å²) < 4.78 is 5.74. The molecular formula is C20H14ClN3O2S. The van der Waals surface area contributed by atoms with E-state index in [0.717, 1.165) is 16.3 Å². The SMILES string of the molecule is O=C(CSc1nnc(-c2cccc3ccccc23)o1)Nc1ccccc1Cl. The van der Waals surface area contributed by atoms with E-state index in [0.29, 0.717) is 21.8 Å². The van der Waals surface area contributed by atoms with E-state index in [1.54, 1.807) is 18.2 Å². The number of thioether (sulfide) groups is 1. The van der Waals surface area contributed by atoms with Gasteiger partial charge in [0, 0.05) is 5.56 Å². The second-order valence-corrected chi connectivity index (χ2v) is 7.05. The molecule has 1 heterocycles. The summed E-state index contributed by atoms with van der Waals surface area (Å²) in [7, 11) is 0. The molecule has 0 aliphatic heterocycles. The van der Waals surface area contributed by atoms with Crippen LogP contribution in [0.5, 0.6) is 0 Å². The third-order valence-corrected chi connectivity index (χ3v) is 5.05. The van der Waals surface area contributed by atoms with Crippen LogP contribution in [0.15, 0.2) is 76.4 Å². The first kappa shape index (κ1) is 17.6. The Kier molecular flexibility index (Phi) is 5.09. The maximum Gasteiger partial charge on any atom is 0.277 e. The third kappa shape index (κ3) is 3.97. The van der Waals surface area contributed by atoms with E-state index in [2.05, 4.69) is 15.5 Å². The molecule has 0 atom stereocenters. The summed E-state index contributed by atoms with van der Waals surface area (Å²) in [6.45, 7) is 0. The van der Waals surface area contributed by atoms with Gasteiger partial charge in [-0.05, 0) is 29.0 Å². The van der Waals surface area contributed by atoms with Gasteiger partial charge in [0.25, 0.3) is 5.22 Å². The lowest BCUT2D eigenvalue weighted by atomic mass is 10.0. The van der Waals surface area contributed by atoms with Crippen LogP contribution in [0.4, 0.5) is 5.69 Å². The highest BCUT2D eigenvalue weighted by atomic mass is 35.5. The summed E-state index contributed by atoms with van der Waals surface area (Å²) in [5.74, 6) is 0.376. The normalized spacial score (nSPS) is 10.9. The predicted octanol–water partition coefficient (Wildman–Crippen LogP) is 5.27. The first-order valence-corrected chi connectivity index (χ1v) is 9.56. The summed E-state index contributed by atoms with van der Waals surface area (Å²) in [4.78, 5) is 12.1. The monoisotopic (exact) mass is 395 g/mol. The molecule has 0 fully saturated rings. The van der Waals surface area contributed by atoms with Crippen molar-refractivity contribution in [2.24, 2.45) is 0 Å². The third-order valence-electron chi connectivity index (χ3n) is 3.90. The number of para-hydroxylation sites is 1. The zero-order valence-corrected chi connectivity index (χ0v) is 15.6. The molecule has 7 heteroatoms. The summed E-state index contributed by atoms with van der Waals surface area (Å²) in [6.07, 6.45) is 0. The van der Waals surface area contributed by atoms with Crippen LogP contribution in [0.1, 0.15) is 0 Å². The number of anilines is 1. The summed E-state index contributed by atoms with van der Waals surface area (Å²) in [6, 6.07) is 21.0. The molecule has 0 bridgehead atoms. The molecule has 27 heavy (non-hydrogen) atoms. The maximum absolute atomic E-state index is 12.1. The van der Waals surface area contributed by atoms with Crippen molar-refractivity contribution in [2.75, 3.05) is 11.1 Å². The number of benzene rings is 3. The molecule has 0 saturated heterocycles. The lowest BCUT2D eigenvalue weighted by Crippen LogP contribution is -2.14. The van der Waals surface area contributed by atoms with Gasteiger partial charge in [-0.25, -0.2) is 0 Å². The molecule has 134 valence electrons. The molecule has 5 nitrogen and oxygen atoms in total. The Labute approximate surface area is 164 Å². The van der Waals surface area contributed by atoms with E-state index >= 15 is 0 Å². The van der Waals surface area contributed by atoms with Gasteiger partial charge in [0.05, 0.1) is 16.5 Å². The minimum Gasteiger partial charge on any atom is -0.411 e. The fraction of sp³-hybridized carbons (Fsp3) is 0.0500. The lowest BCUT2D eigenvalue weighted by Gasteiger charge is -2.05. The fourth-order valence-electron chi connectivity index (χ4n) is 2.66. The quantitative estimate of drug-likeness (QED) is 0.466. The lowest BCUT2D eigenvalue weighted by molar-refractivity contribution is -0.113. The Hall–Kier alpha value is -2.83. The largest absolute Gasteiger partial charge is 0.411 e. The van der Waals surface area contributed by atoms with Crippen molar-refractivity contribution < 1.29 is 9.21 Å². The zero-order chi connectivity index (χ0) is 18.6. The van der Waals surface area contributed by atoms with Crippen molar-refractivity contribution in [3.05, 3.63) is 71.8 Å². The number of nitrogens with one attached hydrogen (secondary N) is 1. The highest BCUT2D eigenvalue weighted by molar-refractivity contribution is 7.99. The fourth-order valence-corrected chi connectivity index (χ4v) is 3.41. The molecular weight excluding hydrogens is 382 g/mol. The van der Waals surface area contributed by atoms with Crippen LogP contribution < -0.4 is 5.32 Å². The van der Waals surface area contributed by atoms with Crippen LogP contribution in [0.2, 0.25) is 5.02 Å². The van der Waals surface area contributed by atoms with Gasteiger partial charge in [-0.3, -0.25) is 4.79 Å². The minimum atomic E-state index is -0.196. The standard InChI is InChI=1S/C20H14ClN3O2S/c21-16-10-3-4-11-17(16)22-18(25)12-27-20-24-23-19(26-20)15-9-5-7-13-6-1-2-8-14(13)15/h1-11H,12H2,(H,22,25). The van der Waals surface area contributed by atoms with Gasteiger partial charge in [0.2, 0.25) is 11.8 Å². The summed E-state index contributed by atoms with van der Waals surface area (Å²) in [5, 5.41) is 13.9. The van der Waals surface area contributed by atoms with E-state index in [4.69, 9.17) is 16.0 Å². The molecule has 4 aromatic rings. The number of hydrogen-bond acceptors (Lipinski definition) is 5. The van der Waals surface area contributed by atoms with Crippen LogP contribution in [0, 0.1) is 0 Å². The molecule has 0 spiro atoms. The van der Waals surface area contributed by atoms with Crippen LogP contribution in [-0.2, 0) is 4.79 Å². The molecule has 0 saturated carbocycles. The van der Waals surface area contributed by atoms with E-state index in [1.165, 1.54) is 11.8 Å². The number of carbonyl (C=O) groups excluding carboxylic acids is 1. The minimum absolute atomic E-state index is 0.141. The molecule has 3 aromatic carbocycles. The first-order chi connectivity index (χ1) is 13.2. The molecule has 0 aliphatic rings. The van der Waals surface area contributed by atoms with Crippen molar-refractivity contribution >= 4 is 45.7 Å². The van der Waals surface area contributed by atoms with Crippen molar-refractivity contribution in [1.82, 2.24) is 10.2 Å². The predicted molar refractivity (Wildman–Crippen MR) is 108 cm³/mol. The number of hydrogen-bond donors (Lipinski definition) is 1. The Bertz CT molecular complexity index is 1110. The number of fused-ring (bicyclic) bond motifs is 1. The van der Waals surface area contributed by atoms with Crippen molar-refractivity contribution in [3.63, 3.8) is 0 Å². The topological polar surface area (TPSA) is 68.0 Å². The molecule has 0 unspecified atom stereocenters. The van der Waals surface area contributed by atoms with Gasteiger partial charge in [-0.1, -0.05) is 71.9 Å². The Morgan fingerprint density at radius 1 is 1.00 bits per heavy atom. The van der Waals surface area contributed by atoms with Crippen molar-refractivity contribution in [1.29, 1.82) is 0 Å². The van der Waals surface area contributed by atoms with Gasteiger partial charge in [-0.15, -0.1) is 10.2 Å². The van der Waals surface area contributed by atoms with Crippen LogP contribution in [0.25, 0.3) is 22.2 Å². The van der Waals surface area contributed by atoms with E-state index in [-0.39, 0.29) is 11.7 Å². The smallest absolute Gasteiger partial charge is 0.277 e. The summed E-state index contributed by atoms with van der Waals surface area (Å²) in [5.41, 5.74) is 1.44. The second-order valence-electron chi connectivity index (χ2n) is 5.72. The Morgan fingerprint density at radius 2 is 1.78 bits per heavy atom. The van der Waals surface area contributed by atoms with E-state index in [9.17, 15) is 4.79 Å². The highest BCUT2D eigenvalue weighted by Gasteiger charge is 2.13. The van der Waals surface area contributed by atoms with E-state index in [1.807, 2.05) is 48.5 Å². The van der Waals surface area contributed by atoms with Crippen LogP contribution in [-0.4, -0.2) is 21.9 Å². The van der Waals surface area contributed by atoms with Crippen LogP contribution in [0.3, 0.4) is 0 Å². The van der Waals surface area contributed by atoms with Gasteiger partial charge >= 0.3 is 0 Å². The van der Waals surface area contributed by atoms with Crippen molar-refractivity contribution in [3.8, 4) is 11.5 Å². The molecule has 1 amide bonds. The second kappa shape index (κ2) is 7.82. The Balaban J connectivity index is 1.45. The number of nitrogens with zero attached hydrogens (tertiary/aromatic N) is 2. The van der Waals surface area contributed by atoms with Gasteiger partial charge < -0.3 is 9.73 Å². The average molecular weight is 396 g/mol. The molecule has 1 aromatic heterocycles. The van der Waals surface area contributed by atoms with Gasteiger partial charge in [0.15, 0.2) is 0 Å². The Morgan fingerprint density at radius 3 is 2.67 bits per heavy atom. The first-order valence-electron chi connectivity index (χ1n) is 8.19. The number of aromatic nitrogens is 2. The number of rotatable bonds is 5. The molecule has 1 N–H and O–H groups in total. The van der Waals surface area contributed by atoms with Crippen LogP contribution >= 0.6 is 23.4 Å². The zero-order valence-electron chi connectivity index (χ0n) is 14.1. The maximum atomic E-state index is 12.1. The molecule has 0 aliphatic carbocycles. The van der Waals surface area contributed by atoms with Gasteiger partial charge in [0.1, 0.15) is 0 Å². The average Bonchev–Trinajstić information content (AvgIpc) is 3.17. The number of halogens is 1.